The number of aliphatic hydroxyl groups is 1. The number of phenols is 1. The molecule has 114 valence electrons. The fourth-order valence-electron chi connectivity index (χ4n) is 3.59. The Bertz CT molecular complexity index is 608. The van der Waals surface area contributed by atoms with Crippen LogP contribution < -0.4 is 0 Å². The lowest BCUT2D eigenvalue weighted by atomic mass is 9.61. The molecule has 1 aliphatic heterocycles. The second-order valence-corrected chi connectivity index (χ2v) is 7.30. The van der Waals surface area contributed by atoms with Crippen LogP contribution in [-0.2, 0) is 4.74 Å². The van der Waals surface area contributed by atoms with E-state index in [0.29, 0.717) is 18.1 Å². The molecule has 0 spiro atoms. The van der Waals surface area contributed by atoms with Crippen molar-refractivity contribution in [2.24, 2.45) is 11.3 Å². The molecule has 1 fully saturated rings. The Labute approximate surface area is 130 Å². The number of rotatable bonds is 1. The maximum atomic E-state index is 10.9. The van der Waals surface area contributed by atoms with Crippen molar-refractivity contribution in [3.63, 3.8) is 0 Å². The van der Waals surface area contributed by atoms with E-state index < -0.39 is 5.60 Å². The third kappa shape index (κ3) is 2.28. The van der Waals surface area contributed by atoms with Gasteiger partial charge in [-0.05, 0) is 25.5 Å². The first-order valence-corrected chi connectivity index (χ1v) is 7.63. The Morgan fingerprint density at radius 2 is 2.05 bits per heavy atom. The molecule has 1 aromatic rings. The molecule has 21 heavy (non-hydrogen) atoms. The summed E-state index contributed by atoms with van der Waals surface area (Å²) in [7, 11) is 0. The minimum atomic E-state index is -0.836. The largest absolute Gasteiger partial charge is 0.508 e. The van der Waals surface area contributed by atoms with E-state index in [1.807, 2.05) is 13.8 Å². The zero-order chi connectivity index (χ0) is 15.4. The fraction of sp³-hybridized carbons (Fsp3) is 0.529. The molecule has 4 heteroatoms. The molecule has 1 heterocycles. The van der Waals surface area contributed by atoms with Gasteiger partial charge in [0.25, 0.3) is 0 Å². The Morgan fingerprint density at radius 3 is 2.71 bits per heavy atom. The van der Waals surface area contributed by atoms with Crippen LogP contribution in [-0.4, -0.2) is 22.4 Å². The Kier molecular flexibility index (Phi) is 3.36. The highest BCUT2D eigenvalue weighted by Gasteiger charge is 2.53. The van der Waals surface area contributed by atoms with E-state index in [0.717, 1.165) is 5.56 Å². The molecule has 2 bridgehead atoms. The lowest BCUT2D eigenvalue weighted by Crippen LogP contribution is -2.55. The van der Waals surface area contributed by atoms with Crippen LogP contribution in [0.15, 0.2) is 29.8 Å². The molecule has 3 atom stereocenters. The predicted molar refractivity (Wildman–Crippen MR) is 82.4 cm³/mol. The summed E-state index contributed by atoms with van der Waals surface area (Å²) < 4.78 is 6.00. The second kappa shape index (κ2) is 4.73. The Balaban J connectivity index is 2.01. The smallest absolute Gasteiger partial charge is 0.117 e. The van der Waals surface area contributed by atoms with E-state index in [1.165, 1.54) is 11.6 Å². The van der Waals surface area contributed by atoms with Gasteiger partial charge in [-0.1, -0.05) is 43.2 Å². The zero-order valence-electron chi connectivity index (χ0n) is 12.6. The van der Waals surface area contributed by atoms with E-state index in [9.17, 15) is 10.2 Å². The van der Waals surface area contributed by atoms with Crippen LogP contribution in [0.2, 0.25) is 5.02 Å². The third-order valence-corrected chi connectivity index (χ3v) is 5.42. The fourth-order valence-corrected chi connectivity index (χ4v) is 3.87. The molecule has 0 saturated carbocycles. The molecule has 3 rings (SSSR count). The van der Waals surface area contributed by atoms with E-state index in [1.54, 1.807) is 12.1 Å². The van der Waals surface area contributed by atoms with Gasteiger partial charge in [-0.2, -0.15) is 0 Å². The van der Waals surface area contributed by atoms with Crippen LogP contribution in [0.4, 0.5) is 0 Å². The number of fused-ring (bicyclic) bond motifs is 2. The van der Waals surface area contributed by atoms with E-state index in [2.05, 4.69) is 13.0 Å². The monoisotopic (exact) mass is 308 g/mol. The van der Waals surface area contributed by atoms with Gasteiger partial charge in [-0.25, -0.2) is 0 Å². The topological polar surface area (TPSA) is 49.7 Å². The zero-order valence-corrected chi connectivity index (χ0v) is 13.3. The van der Waals surface area contributed by atoms with Gasteiger partial charge in [0.2, 0.25) is 0 Å². The maximum Gasteiger partial charge on any atom is 0.117 e. The van der Waals surface area contributed by atoms with Gasteiger partial charge in [0.15, 0.2) is 0 Å². The first-order valence-electron chi connectivity index (χ1n) is 7.25. The molecule has 0 unspecified atom stereocenters. The van der Waals surface area contributed by atoms with Crippen LogP contribution in [0, 0.1) is 11.3 Å². The average molecular weight is 309 g/mol. The maximum absolute atomic E-state index is 10.9. The van der Waals surface area contributed by atoms with Crippen molar-refractivity contribution in [3.8, 4) is 5.75 Å². The van der Waals surface area contributed by atoms with E-state index >= 15 is 0 Å². The molecule has 3 nitrogen and oxygen atoms in total. The summed E-state index contributed by atoms with van der Waals surface area (Å²) in [6, 6.07) is 4.96. The highest BCUT2D eigenvalue weighted by Crippen LogP contribution is 2.53. The molecular weight excluding hydrogens is 288 g/mol. The number of ether oxygens (including phenoxy) is 1. The standard InChI is InChI=1S/C17H21ClO3/c1-10-7-16(2,3)17(20)8-13(10)15(21-9-17)12-5-4-11(19)6-14(12)18/h4-7,13,15,19-20H,8-9H2,1-3H3/t13-,15+,17+/m1/s1. The van der Waals surface area contributed by atoms with Crippen molar-refractivity contribution >= 4 is 11.6 Å². The van der Waals surface area contributed by atoms with Gasteiger partial charge in [0, 0.05) is 16.9 Å². The SMILES string of the molecule is CC1=CC(C)(C)[C@@]2(O)CO[C@@H](c3ccc(O)cc3Cl)[C@@H]1C2. The van der Waals surface area contributed by atoms with E-state index in [-0.39, 0.29) is 23.2 Å². The summed E-state index contributed by atoms with van der Waals surface area (Å²) in [6.07, 6.45) is 2.65. The molecule has 0 radical (unpaired) electrons. The van der Waals surface area contributed by atoms with Crippen molar-refractivity contribution in [1.29, 1.82) is 0 Å². The van der Waals surface area contributed by atoms with Crippen LogP contribution in [0.5, 0.6) is 5.75 Å². The van der Waals surface area contributed by atoms with Crippen LogP contribution in [0.1, 0.15) is 38.9 Å². The van der Waals surface area contributed by atoms with Gasteiger partial charge in [-0.3, -0.25) is 0 Å². The van der Waals surface area contributed by atoms with Gasteiger partial charge in [0.1, 0.15) is 5.75 Å². The van der Waals surface area contributed by atoms with Crippen LogP contribution >= 0.6 is 11.6 Å². The summed E-state index contributed by atoms with van der Waals surface area (Å²) >= 11 is 6.26. The van der Waals surface area contributed by atoms with Crippen molar-refractivity contribution in [1.82, 2.24) is 0 Å². The van der Waals surface area contributed by atoms with Gasteiger partial charge < -0.3 is 14.9 Å². The molecular formula is C17H21ClO3. The first-order chi connectivity index (χ1) is 9.73. The number of phenolic OH excluding ortho intramolecular Hbond substituents is 1. The summed E-state index contributed by atoms with van der Waals surface area (Å²) in [4.78, 5) is 0. The van der Waals surface area contributed by atoms with Crippen molar-refractivity contribution in [2.75, 3.05) is 6.61 Å². The van der Waals surface area contributed by atoms with Crippen molar-refractivity contribution in [2.45, 2.75) is 38.9 Å². The van der Waals surface area contributed by atoms with Crippen LogP contribution in [0.25, 0.3) is 0 Å². The lowest BCUT2D eigenvalue weighted by Gasteiger charge is -2.52. The number of hydrogen-bond acceptors (Lipinski definition) is 3. The highest BCUT2D eigenvalue weighted by molar-refractivity contribution is 6.31. The molecule has 0 aromatic heterocycles. The Hall–Kier alpha value is -1.03. The highest BCUT2D eigenvalue weighted by atomic mass is 35.5. The van der Waals surface area contributed by atoms with Gasteiger partial charge >= 0.3 is 0 Å². The third-order valence-electron chi connectivity index (χ3n) is 5.09. The summed E-state index contributed by atoms with van der Waals surface area (Å²) in [6.45, 7) is 6.47. The normalized spacial score (nSPS) is 34.4. The number of benzene rings is 1. The average Bonchev–Trinajstić information content (AvgIpc) is 2.37. The van der Waals surface area contributed by atoms with Crippen molar-refractivity contribution in [3.05, 3.63) is 40.4 Å². The summed E-state index contributed by atoms with van der Waals surface area (Å²) in [5, 5.41) is 20.9. The van der Waals surface area contributed by atoms with Crippen LogP contribution in [0.3, 0.4) is 0 Å². The molecule has 0 amide bonds. The second-order valence-electron chi connectivity index (χ2n) is 6.89. The minimum Gasteiger partial charge on any atom is -0.508 e. The van der Waals surface area contributed by atoms with Crippen molar-refractivity contribution < 1.29 is 14.9 Å². The molecule has 2 aliphatic rings. The lowest BCUT2D eigenvalue weighted by molar-refractivity contribution is -0.186. The number of halogens is 1. The molecule has 1 aliphatic carbocycles. The van der Waals surface area contributed by atoms with E-state index in [4.69, 9.17) is 16.3 Å². The summed E-state index contributed by atoms with van der Waals surface area (Å²) in [5.74, 6) is 0.256. The first kappa shape index (κ1) is 14.9. The molecule has 1 saturated heterocycles. The molecule has 2 N–H and O–H groups in total. The summed E-state index contributed by atoms with van der Waals surface area (Å²) in [5.41, 5.74) is 0.960. The molecule has 1 aromatic carbocycles. The predicted octanol–water partition coefficient (Wildman–Crippen LogP) is 3.84. The Morgan fingerprint density at radius 1 is 1.33 bits per heavy atom. The number of aromatic hydroxyl groups is 1. The van der Waals surface area contributed by atoms with Gasteiger partial charge in [-0.15, -0.1) is 0 Å². The van der Waals surface area contributed by atoms with Gasteiger partial charge in [0.05, 0.1) is 23.3 Å². The quantitative estimate of drug-likeness (QED) is 0.775. The number of hydrogen-bond donors (Lipinski definition) is 2. The minimum absolute atomic E-state index is 0.110.